The van der Waals surface area contributed by atoms with Gasteiger partial charge in [-0.15, -0.1) is 0 Å². The Kier molecular flexibility index (Phi) is 2.71. The summed E-state index contributed by atoms with van der Waals surface area (Å²) in [6, 6.07) is 19.9. The third-order valence-electron chi connectivity index (χ3n) is 3.26. The molecular formula is C17H10N3O. The minimum absolute atomic E-state index is 0.265. The van der Waals surface area contributed by atoms with Gasteiger partial charge in [-0.05, 0) is 39.7 Å². The van der Waals surface area contributed by atoms with E-state index in [-0.39, 0.29) is 6.01 Å². The minimum atomic E-state index is 0.265. The SMILES string of the molecule is [c]1c(Oc2ncncn2)ccc2cc3ccccc3cc12. The first-order valence-electron chi connectivity index (χ1n) is 6.53. The Balaban J connectivity index is 1.80. The largest absolute Gasteiger partial charge is 0.424 e. The average molecular weight is 272 g/mol. The molecule has 1 aromatic heterocycles. The highest BCUT2D eigenvalue weighted by Gasteiger charge is 2.03. The van der Waals surface area contributed by atoms with Crippen LogP contribution in [0.15, 0.2) is 61.2 Å². The van der Waals surface area contributed by atoms with Gasteiger partial charge in [0, 0.05) is 6.07 Å². The van der Waals surface area contributed by atoms with Crippen molar-refractivity contribution in [2.24, 2.45) is 0 Å². The van der Waals surface area contributed by atoms with Crippen molar-refractivity contribution in [2.75, 3.05) is 0 Å². The van der Waals surface area contributed by atoms with Gasteiger partial charge in [-0.25, -0.2) is 4.98 Å². The molecular weight excluding hydrogens is 262 g/mol. The molecule has 4 aromatic rings. The maximum atomic E-state index is 5.58. The molecule has 4 nitrogen and oxygen atoms in total. The van der Waals surface area contributed by atoms with E-state index in [1.807, 2.05) is 24.3 Å². The lowest BCUT2D eigenvalue weighted by Gasteiger charge is -2.05. The molecule has 4 heteroatoms. The van der Waals surface area contributed by atoms with Crippen LogP contribution in [0.3, 0.4) is 0 Å². The van der Waals surface area contributed by atoms with Gasteiger partial charge in [0.05, 0.1) is 0 Å². The van der Waals surface area contributed by atoms with Crippen LogP contribution in [0, 0.1) is 6.07 Å². The Morgan fingerprint density at radius 3 is 2.38 bits per heavy atom. The Labute approximate surface area is 121 Å². The quantitative estimate of drug-likeness (QED) is 0.521. The average Bonchev–Trinajstić information content (AvgIpc) is 2.54. The molecule has 0 aliphatic rings. The predicted octanol–water partition coefficient (Wildman–Crippen LogP) is 3.77. The van der Waals surface area contributed by atoms with Crippen molar-refractivity contribution in [3.63, 3.8) is 0 Å². The first-order valence-corrected chi connectivity index (χ1v) is 6.53. The van der Waals surface area contributed by atoms with E-state index in [1.165, 1.54) is 23.4 Å². The summed E-state index contributed by atoms with van der Waals surface area (Å²) in [6.45, 7) is 0. The Morgan fingerprint density at radius 2 is 1.57 bits per heavy atom. The van der Waals surface area contributed by atoms with Crippen molar-refractivity contribution < 1.29 is 4.74 Å². The van der Waals surface area contributed by atoms with E-state index < -0.39 is 0 Å². The third kappa shape index (κ3) is 2.27. The lowest BCUT2D eigenvalue weighted by Crippen LogP contribution is -1.91. The molecule has 0 unspecified atom stereocenters. The highest BCUT2D eigenvalue weighted by molar-refractivity contribution is 5.98. The van der Waals surface area contributed by atoms with Gasteiger partial charge in [0.15, 0.2) is 0 Å². The molecule has 0 N–H and O–H groups in total. The number of nitrogens with zero attached hydrogens (tertiary/aromatic N) is 3. The van der Waals surface area contributed by atoms with Gasteiger partial charge in [0.25, 0.3) is 0 Å². The lowest BCUT2D eigenvalue weighted by atomic mass is 10.0. The van der Waals surface area contributed by atoms with Crippen LogP contribution in [-0.4, -0.2) is 15.0 Å². The molecule has 0 aliphatic heterocycles. The van der Waals surface area contributed by atoms with Crippen LogP contribution in [0.5, 0.6) is 11.8 Å². The monoisotopic (exact) mass is 272 g/mol. The number of hydrogen-bond acceptors (Lipinski definition) is 4. The van der Waals surface area contributed by atoms with E-state index in [0.717, 1.165) is 10.8 Å². The van der Waals surface area contributed by atoms with Crippen LogP contribution in [0.4, 0.5) is 0 Å². The molecule has 1 heterocycles. The Morgan fingerprint density at radius 1 is 0.810 bits per heavy atom. The van der Waals surface area contributed by atoms with Gasteiger partial charge in [-0.3, -0.25) is 0 Å². The van der Waals surface area contributed by atoms with Crippen molar-refractivity contribution in [3.05, 3.63) is 67.3 Å². The van der Waals surface area contributed by atoms with Gasteiger partial charge < -0.3 is 4.74 Å². The van der Waals surface area contributed by atoms with E-state index in [1.54, 1.807) is 0 Å². The number of ether oxygens (including phenoxy) is 1. The molecule has 0 atom stereocenters. The second-order valence-corrected chi connectivity index (χ2v) is 4.63. The summed E-state index contributed by atoms with van der Waals surface area (Å²) in [7, 11) is 0. The van der Waals surface area contributed by atoms with Gasteiger partial charge in [-0.2, -0.15) is 9.97 Å². The summed E-state index contributed by atoms with van der Waals surface area (Å²) in [5, 5.41) is 4.51. The van der Waals surface area contributed by atoms with Crippen LogP contribution in [0.2, 0.25) is 0 Å². The smallest absolute Gasteiger partial charge is 0.324 e. The molecule has 0 bridgehead atoms. The van der Waals surface area contributed by atoms with Crippen molar-refractivity contribution in [1.29, 1.82) is 0 Å². The van der Waals surface area contributed by atoms with Crippen LogP contribution >= 0.6 is 0 Å². The van der Waals surface area contributed by atoms with Crippen LogP contribution in [0.1, 0.15) is 0 Å². The van der Waals surface area contributed by atoms with Crippen molar-refractivity contribution in [3.8, 4) is 11.8 Å². The summed E-state index contributed by atoms with van der Waals surface area (Å²) in [6.07, 6.45) is 2.80. The van der Waals surface area contributed by atoms with Gasteiger partial charge in [0.1, 0.15) is 18.4 Å². The maximum Gasteiger partial charge on any atom is 0.324 e. The molecule has 3 aromatic carbocycles. The zero-order chi connectivity index (χ0) is 14.1. The van der Waals surface area contributed by atoms with Crippen LogP contribution in [0.25, 0.3) is 21.5 Å². The Bertz CT molecular complexity index is 923. The minimum Gasteiger partial charge on any atom is -0.424 e. The van der Waals surface area contributed by atoms with Gasteiger partial charge >= 0.3 is 6.01 Å². The molecule has 0 amide bonds. The Hall–Kier alpha value is -3.01. The molecule has 0 saturated carbocycles. The highest BCUT2D eigenvalue weighted by atomic mass is 16.5. The number of hydrogen-bond donors (Lipinski definition) is 0. The fourth-order valence-electron chi connectivity index (χ4n) is 2.28. The van der Waals surface area contributed by atoms with E-state index in [9.17, 15) is 0 Å². The molecule has 4 rings (SSSR count). The van der Waals surface area contributed by atoms with Crippen molar-refractivity contribution in [2.45, 2.75) is 0 Å². The molecule has 99 valence electrons. The second kappa shape index (κ2) is 4.83. The summed E-state index contributed by atoms with van der Waals surface area (Å²) in [5.41, 5.74) is 0. The standard InChI is InChI=1S/C17H10N3O/c1-2-4-13-8-15-9-16(21-17-19-10-18-11-20-17)6-5-14(15)7-12(13)3-1/h1-8,10-11H. The summed E-state index contributed by atoms with van der Waals surface area (Å²) in [4.78, 5) is 11.6. The van der Waals surface area contributed by atoms with Gasteiger partial charge in [-0.1, -0.05) is 30.3 Å². The lowest BCUT2D eigenvalue weighted by molar-refractivity contribution is 0.439. The van der Waals surface area contributed by atoms with Crippen LogP contribution < -0.4 is 4.74 Å². The van der Waals surface area contributed by atoms with Crippen molar-refractivity contribution >= 4 is 21.5 Å². The fourth-order valence-corrected chi connectivity index (χ4v) is 2.28. The number of aromatic nitrogens is 3. The van der Waals surface area contributed by atoms with E-state index in [0.29, 0.717) is 5.75 Å². The first-order chi connectivity index (χ1) is 10.4. The topological polar surface area (TPSA) is 47.9 Å². The second-order valence-electron chi connectivity index (χ2n) is 4.63. The number of fused-ring (bicyclic) bond motifs is 2. The normalized spacial score (nSPS) is 10.9. The van der Waals surface area contributed by atoms with E-state index >= 15 is 0 Å². The number of rotatable bonds is 2. The third-order valence-corrected chi connectivity index (χ3v) is 3.26. The summed E-state index contributed by atoms with van der Waals surface area (Å²) < 4.78 is 5.58. The molecule has 0 aliphatic carbocycles. The van der Waals surface area contributed by atoms with E-state index in [4.69, 9.17) is 4.74 Å². The maximum absolute atomic E-state index is 5.58. The predicted molar refractivity (Wildman–Crippen MR) is 80.2 cm³/mol. The zero-order valence-electron chi connectivity index (χ0n) is 11.0. The molecule has 0 fully saturated rings. The molecule has 0 spiro atoms. The molecule has 1 radical (unpaired) electrons. The molecule has 0 saturated heterocycles. The summed E-state index contributed by atoms with van der Waals surface area (Å²) >= 11 is 0. The van der Waals surface area contributed by atoms with Crippen LogP contribution in [-0.2, 0) is 0 Å². The van der Waals surface area contributed by atoms with Gasteiger partial charge in [0.2, 0.25) is 0 Å². The highest BCUT2D eigenvalue weighted by Crippen LogP contribution is 2.26. The van der Waals surface area contributed by atoms with E-state index in [2.05, 4.69) is 45.3 Å². The first kappa shape index (κ1) is 11.8. The fraction of sp³-hybridized carbons (Fsp3) is 0. The van der Waals surface area contributed by atoms with Crippen molar-refractivity contribution in [1.82, 2.24) is 15.0 Å². The molecule has 21 heavy (non-hydrogen) atoms. The summed E-state index contributed by atoms with van der Waals surface area (Å²) in [5.74, 6) is 0.587. The zero-order valence-corrected chi connectivity index (χ0v) is 11.0. The number of benzene rings is 3.